The maximum Gasteiger partial charge on any atom is 0.224 e. The lowest BCUT2D eigenvalue weighted by molar-refractivity contribution is -0.128. The van der Waals surface area contributed by atoms with Crippen LogP contribution in [0.15, 0.2) is 0 Å². The molecular weight excluding hydrogens is 224 g/mol. The number of carbonyl (C=O) groups is 1. The maximum absolute atomic E-state index is 12.2. The molecular formula is C15H26N2O. The average Bonchev–Trinajstić information content (AvgIpc) is 2.31. The highest BCUT2D eigenvalue weighted by Crippen LogP contribution is 2.53. The molecule has 0 spiro atoms. The van der Waals surface area contributed by atoms with Gasteiger partial charge >= 0.3 is 0 Å². The van der Waals surface area contributed by atoms with E-state index >= 15 is 0 Å². The molecule has 4 rings (SSSR count). The third-order valence-electron chi connectivity index (χ3n) is 5.74. The largest absolute Gasteiger partial charge is 0.353 e. The molecule has 4 bridgehead atoms. The first-order chi connectivity index (χ1) is 8.54. The van der Waals surface area contributed by atoms with E-state index < -0.39 is 0 Å². The number of amides is 1. The molecule has 4 saturated carbocycles. The van der Waals surface area contributed by atoms with Gasteiger partial charge in [0.15, 0.2) is 0 Å². The number of hydrogen-bond acceptors (Lipinski definition) is 2. The van der Waals surface area contributed by atoms with Gasteiger partial charge in [-0.2, -0.15) is 0 Å². The Hall–Kier alpha value is -0.570. The first-order valence-electron chi connectivity index (χ1n) is 7.60. The zero-order chi connectivity index (χ0) is 12.9. The van der Waals surface area contributed by atoms with Crippen LogP contribution in [0.5, 0.6) is 0 Å². The predicted octanol–water partition coefficient (Wildman–Crippen LogP) is 1.91. The van der Waals surface area contributed by atoms with Crippen molar-refractivity contribution in [3.8, 4) is 0 Å². The standard InChI is InChI=1S/C15H26N2O/c1-8(9(2)16)15(18)17-14-12-4-10-3-11(6-12)7-13(14)5-10/h8-14H,3-7,16H2,1-2H3,(H,17,18). The molecule has 0 saturated heterocycles. The van der Waals surface area contributed by atoms with Crippen LogP contribution in [0.2, 0.25) is 0 Å². The molecule has 102 valence electrons. The molecule has 18 heavy (non-hydrogen) atoms. The molecule has 4 fully saturated rings. The van der Waals surface area contributed by atoms with Crippen LogP contribution in [0.4, 0.5) is 0 Å². The minimum atomic E-state index is -0.0674. The fraction of sp³-hybridized carbons (Fsp3) is 0.933. The molecule has 1 amide bonds. The monoisotopic (exact) mass is 250 g/mol. The summed E-state index contributed by atoms with van der Waals surface area (Å²) >= 11 is 0. The second kappa shape index (κ2) is 4.52. The number of rotatable bonds is 3. The second-order valence-electron chi connectivity index (χ2n) is 7.11. The Kier molecular flexibility index (Phi) is 3.13. The van der Waals surface area contributed by atoms with Crippen LogP contribution >= 0.6 is 0 Å². The van der Waals surface area contributed by atoms with Crippen molar-refractivity contribution in [2.45, 2.75) is 58.0 Å². The molecule has 4 aliphatic carbocycles. The summed E-state index contributed by atoms with van der Waals surface area (Å²) in [4.78, 5) is 12.2. The van der Waals surface area contributed by atoms with Gasteiger partial charge in [-0.3, -0.25) is 4.79 Å². The first-order valence-corrected chi connectivity index (χ1v) is 7.60. The van der Waals surface area contributed by atoms with Crippen LogP contribution in [-0.4, -0.2) is 18.0 Å². The van der Waals surface area contributed by atoms with Gasteiger partial charge in [0.25, 0.3) is 0 Å². The number of carbonyl (C=O) groups excluding carboxylic acids is 1. The summed E-state index contributed by atoms with van der Waals surface area (Å²) in [6.07, 6.45) is 6.87. The minimum Gasteiger partial charge on any atom is -0.353 e. The molecule has 0 aromatic heterocycles. The van der Waals surface area contributed by atoms with Gasteiger partial charge in [0.05, 0.1) is 0 Å². The van der Waals surface area contributed by atoms with Crippen LogP contribution in [0.3, 0.4) is 0 Å². The summed E-state index contributed by atoms with van der Waals surface area (Å²) in [6, 6.07) is 0.397. The van der Waals surface area contributed by atoms with Crippen LogP contribution in [0.1, 0.15) is 46.0 Å². The Morgan fingerprint density at radius 1 is 1.06 bits per heavy atom. The molecule has 2 unspecified atom stereocenters. The highest BCUT2D eigenvalue weighted by atomic mass is 16.2. The quantitative estimate of drug-likeness (QED) is 0.804. The van der Waals surface area contributed by atoms with Gasteiger partial charge in [0.1, 0.15) is 0 Å². The summed E-state index contributed by atoms with van der Waals surface area (Å²) in [5, 5.41) is 3.32. The normalized spacial score (nSPS) is 44.7. The van der Waals surface area contributed by atoms with Crippen molar-refractivity contribution in [1.29, 1.82) is 0 Å². The summed E-state index contributed by atoms with van der Waals surface area (Å²) in [5.74, 6) is 3.54. The average molecular weight is 250 g/mol. The Balaban J connectivity index is 1.65. The van der Waals surface area contributed by atoms with E-state index in [1.165, 1.54) is 32.1 Å². The molecule has 3 nitrogen and oxygen atoms in total. The molecule has 3 heteroatoms. The predicted molar refractivity (Wildman–Crippen MR) is 71.8 cm³/mol. The number of nitrogens with two attached hydrogens (primary N) is 1. The van der Waals surface area contributed by atoms with Crippen molar-refractivity contribution < 1.29 is 4.79 Å². The van der Waals surface area contributed by atoms with Gasteiger partial charge in [-0.25, -0.2) is 0 Å². The SMILES string of the molecule is CC(N)C(C)C(=O)NC1C2CC3CC(C2)CC1C3. The summed E-state index contributed by atoms with van der Waals surface area (Å²) in [7, 11) is 0. The number of nitrogens with one attached hydrogen (secondary N) is 1. The van der Waals surface area contributed by atoms with Gasteiger partial charge in [0, 0.05) is 18.0 Å². The number of hydrogen-bond donors (Lipinski definition) is 2. The highest BCUT2D eigenvalue weighted by molar-refractivity contribution is 5.79. The summed E-state index contributed by atoms with van der Waals surface area (Å²) < 4.78 is 0. The van der Waals surface area contributed by atoms with Crippen LogP contribution < -0.4 is 11.1 Å². The Morgan fingerprint density at radius 2 is 1.56 bits per heavy atom. The van der Waals surface area contributed by atoms with Gasteiger partial charge in [-0.1, -0.05) is 6.92 Å². The van der Waals surface area contributed by atoms with E-state index in [1.807, 2.05) is 13.8 Å². The molecule has 4 aliphatic rings. The van der Waals surface area contributed by atoms with Gasteiger partial charge in [-0.15, -0.1) is 0 Å². The van der Waals surface area contributed by atoms with E-state index in [0.29, 0.717) is 6.04 Å². The summed E-state index contributed by atoms with van der Waals surface area (Å²) in [6.45, 7) is 3.86. The fourth-order valence-corrected chi connectivity index (χ4v) is 4.70. The molecule has 3 N–H and O–H groups in total. The van der Waals surface area contributed by atoms with E-state index in [9.17, 15) is 4.79 Å². The van der Waals surface area contributed by atoms with Gasteiger partial charge in [0.2, 0.25) is 5.91 Å². The van der Waals surface area contributed by atoms with Crippen molar-refractivity contribution in [3.05, 3.63) is 0 Å². The van der Waals surface area contributed by atoms with Crippen molar-refractivity contribution in [2.24, 2.45) is 35.3 Å². The van der Waals surface area contributed by atoms with Gasteiger partial charge in [-0.05, 0) is 62.7 Å². The van der Waals surface area contributed by atoms with Crippen LogP contribution in [0, 0.1) is 29.6 Å². The van der Waals surface area contributed by atoms with E-state index in [1.54, 1.807) is 0 Å². The molecule has 0 aromatic carbocycles. The zero-order valence-electron chi connectivity index (χ0n) is 11.6. The maximum atomic E-state index is 12.2. The zero-order valence-corrected chi connectivity index (χ0v) is 11.6. The van der Waals surface area contributed by atoms with E-state index in [-0.39, 0.29) is 17.9 Å². The fourth-order valence-electron chi connectivity index (χ4n) is 4.70. The lowest BCUT2D eigenvalue weighted by Crippen LogP contribution is -2.57. The van der Waals surface area contributed by atoms with Gasteiger partial charge < -0.3 is 11.1 Å². The second-order valence-corrected chi connectivity index (χ2v) is 7.11. The van der Waals surface area contributed by atoms with Crippen molar-refractivity contribution in [3.63, 3.8) is 0 Å². The third-order valence-corrected chi connectivity index (χ3v) is 5.74. The van der Waals surface area contributed by atoms with E-state index in [0.717, 1.165) is 23.7 Å². The van der Waals surface area contributed by atoms with Crippen molar-refractivity contribution in [1.82, 2.24) is 5.32 Å². The topological polar surface area (TPSA) is 55.1 Å². The Morgan fingerprint density at radius 3 is 2.00 bits per heavy atom. The molecule has 0 heterocycles. The molecule has 2 atom stereocenters. The smallest absolute Gasteiger partial charge is 0.224 e. The third kappa shape index (κ3) is 2.07. The lowest BCUT2D eigenvalue weighted by atomic mass is 9.54. The minimum absolute atomic E-state index is 0.0539. The van der Waals surface area contributed by atoms with Crippen molar-refractivity contribution in [2.75, 3.05) is 0 Å². The first kappa shape index (κ1) is 12.5. The van der Waals surface area contributed by atoms with Crippen LogP contribution in [0.25, 0.3) is 0 Å². The highest BCUT2D eigenvalue weighted by Gasteiger charge is 2.48. The molecule has 0 aliphatic heterocycles. The molecule has 0 aromatic rings. The Bertz CT molecular complexity index is 311. The van der Waals surface area contributed by atoms with Crippen LogP contribution in [-0.2, 0) is 4.79 Å². The van der Waals surface area contributed by atoms with E-state index in [2.05, 4.69) is 5.32 Å². The summed E-state index contributed by atoms with van der Waals surface area (Å²) in [5.41, 5.74) is 5.83. The van der Waals surface area contributed by atoms with E-state index in [4.69, 9.17) is 5.73 Å². The van der Waals surface area contributed by atoms with Crippen molar-refractivity contribution >= 4 is 5.91 Å². The lowest BCUT2D eigenvalue weighted by Gasteiger charge is -2.54. The Labute approximate surface area is 110 Å². The molecule has 0 radical (unpaired) electrons.